The summed E-state index contributed by atoms with van der Waals surface area (Å²) in [6.45, 7) is 1.53. The van der Waals surface area contributed by atoms with Gasteiger partial charge in [-0.2, -0.15) is 13.2 Å². The van der Waals surface area contributed by atoms with Crippen molar-refractivity contribution in [3.8, 4) is 0 Å². The van der Waals surface area contributed by atoms with Crippen LogP contribution in [0, 0.1) is 6.92 Å². The van der Waals surface area contributed by atoms with Gasteiger partial charge < -0.3 is 10.8 Å². The van der Waals surface area contributed by atoms with Crippen LogP contribution in [-0.4, -0.2) is 5.11 Å². The zero-order valence-electron chi connectivity index (χ0n) is 10.8. The molecule has 0 aliphatic carbocycles. The van der Waals surface area contributed by atoms with Crippen LogP contribution in [0.2, 0.25) is 0 Å². The first kappa shape index (κ1) is 14.4. The number of hydrogen-bond donors (Lipinski definition) is 2. The molecule has 5 heteroatoms. The van der Waals surface area contributed by atoms with Crippen molar-refractivity contribution < 1.29 is 18.3 Å². The Balaban J connectivity index is 2.42. The average Bonchev–Trinajstić information content (AvgIpc) is 2.37. The Labute approximate surface area is 114 Å². The molecule has 0 aliphatic heterocycles. The van der Waals surface area contributed by atoms with Gasteiger partial charge in [0.05, 0.1) is 5.56 Å². The second kappa shape index (κ2) is 5.17. The van der Waals surface area contributed by atoms with E-state index in [0.29, 0.717) is 22.4 Å². The molecule has 0 fully saturated rings. The van der Waals surface area contributed by atoms with E-state index in [1.54, 1.807) is 24.3 Å². The quantitative estimate of drug-likeness (QED) is 0.825. The number of nitrogen functional groups attached to an aromatic ring is 1. The molecular formula is C15H14F3NO. The van der Waals surface area contributed by atoms with E-state index in [2.05, 4.69) is 0 Å². The largest absolute Gasteiger partial charge is 0.416 e. The summed E-state index contributed by atoms with van der Waals surface area (Å²) in [4.78, 5) is 0. The SMILES string of the molecule is Cc1cc(C(F)(F)F)ccc1C(O)c1ccccc1N. The molecule has 20 heavy (non-hydrogen) atoms. The highest BCUT2D eigenvalue weighted by Crippen LogP contribution is 2.34. The van der Waals surface area contributed by atoms with Gasteiger partial charge in [-0.3, -0.25) is 0 Å². The molecule has 2 aromatic carbocycles. The number of nitrogens with two attached hydrogens (primary N) is 1. The van der Waals surface area contributed by atoms with E-state index in [4.69, 9.17) is 5.73 Å². The first-order valence-corrected chi connectivity index (χ1v) is 6.01. The molecule has 2 rings (SSSR count). The zero-order valence-corrected chi connectivity index (χ0v) is 10.8. The van der Waals surface area contributed by atoms with E-state index < -0.39 is 17.8 Å². The lowest BCUT2D eigenvalue weighted by Crippen LogP contribution is -2.09. The third-order valence-electron chi connectivity index (χ3n) is 3.18. The van der Waals surface area contributed by atoms with Gasteiger partial charge in [0.15, 0.2) is 0 Å². The highest BCUT2D eigenvalue weighted by molar-refractivity contribution is 5.51. The molecule has 0 bridgehead atoms. The zero-order chi connectivity index (χ0) is 14.9. The van der Waals surface area contributed by atoms with Crippen molar-refractivity contribution in [2.45, 2.75) is 19.2 Å². The second-order valence-corrected chi connectivity index (χ2v) is 4.60. The molecule has 0 spiro atoms. The Morgan fingerprint density at radius 2 is 1.70 bits per heavy atom. The molecule has 2 aromatic rings. The Hall–Kier alpha value is -2.01. The molecule has 1 atom stereocenters. The highest BCUT2D eigenvalue weighted by atomic mass is 19.4. The third kappa shape index (κ3) is 2.77. The molecule has 2 nitrogen and oxygen atoms in total. The lowest BCUT2D eigenvalue weighted by molar-refractivity contribution is -0.137. The number of hydrogen-bond acceptors (Lipinski definition) is 2. The lowest BCUT2D eigenvalue weighted by atomic mass is 9.95. The summed E-state index contributed by atoms with van der Waals surface area (Å²) < 4.78 is 37.8. The molecule has 106 valence electrons. The van der Waals surface area contributed by atoms with Gasteiger partial charge >= 0.3 is 6.18 Å². The van der Waals surface area contributed by atoms with E-state index in [1.807, 2.05) is 0 Å². The molecule has 0 aromatic heterocycles. The third-order valence-corrected chi connectivity index (χ3v) is 3.18. The Morgan fingerprint density at radius 3 is 2.25 bits per heavy atom. The first-order valence-electron chi connectivity index (χ1n) is 6.01. The Kier molecular flexibility index (Phi) is 3.72. The maximum absolute atomic E-state index is 12.6. The molecule has 0 aliphatic rings. The van der Waals surface area contributed by atoms with Gasteiger partial charge in [0, 0.05) is 11.3 Å². The maximum atomic E-state index is 12.6. The topological polar surface area (TPSA) is 46.2 Å². The Morgan fingerprint density at radius 1 is 1.05 bits per heavy atom. The van der Waals surface area contributed by atoms with Crippen LogP contribution < -0.4 is 5.73 Å². The van der Waals surface area contributed by atoms with Gasteiger partial charge in [-0.05, 0) is 36.2 Å². The summed E-state index contributed by atoms with van der Waals surface area (Å²) in [6, 6.07) is 10.0. The van der Waals surface area contributed by atoms with E-state index in [9.17, 15) is 18.3 Å². The number of aryl methyl sites for hydroxylation is 1. The molecule has 0 heterocycles. The normalized spacial score (nSPS) is 13.2. The maximum Gasteiger partial charge on any atom is 0.416 e. The second-order valence-electron chi connectivity index (χ2n) is 4.60. The van der Waals surface area contributed by atoms with Crippen LogP contribution in [0.25, 0.3) is 0 Å². The summed E-state index contributed by atoms with van der Waals surface area (Å²) in [5, 5.41) is 10.3. The molecule has 0 saturated heterocycles. The van der Waals surface area contributed by atoms with Crippen molar-refractivity contribution in [2.75, 3.05) is 5.73 Å². The lowest BCUT2D eigenvalue weighted by Gasteiger charge is -2.17. The fourth-order valence-electron chi connectivity index (χ4n) is 2.09. The molecule has 3 N–H and O–H groups in total. The van der Waals surface area contributed by atoms with E-state index in [0.717, 1.165) is 12.1 Å². The van der Waals surface area contributed by atoms with Crippen LogP contribution in [-0.2, 0) is 6.18 Å². The van der Waals surface area contributed by atoms with Crippen LogP contribution in [0.1, 0.15) is 28.4 Å². The number of benzene rings is 2. The van der Waals surface area contributed by atoms with E-state index in [-0.39, 0.29) is 0 Å². The Bertz CT molecular complexity index is 623. The van der Waals surface area contributed by atoms with Gasteiger partial charge in [0.1, 0.15) is 6.10 Å². The first-order chi connectivity index (χ1) is 9.30. The summed E-state index contributed by atoms with van der Waals surface area (Å²) in [6.07, 6.45) is -5.43. The van der Waals surface area contributed by atoms with Gasteiger partial charge in [-0.25, -0.2) is 0 Å². The average molecular weight is 281 g/mol. The van der Waals surface area contributed by atoms with Gasteiger partial charge in [-0.15, -0.1) is 0 Å². The van der Waals surface area contributed by atoms with Crippen molar-refractivity contribution in [3.05, 3.63) is 64.7 Å². The van der Waals surface area contributed by atoms with Crippen molar-refractivity contribution >= 4 is 5.69 Å². The van der Waals surface area contributed by atoms with Crippen molar-refractivity contribution in [2.24, 2.45) is 0 Å². The smallest absolute Gasteiger partial charge is 0.398 e. The van der Waals surface area contributed by atoms with Crippen molar-refractivity contribution in [3.63, 3.8) is 0 Å². The predicted molar refractivity (Wildman–Crippen MR) is 71.1 cm³/mol. The van der Waals surface area contributed by atoms with Crippen LogP contribution >= 0.6 is 0 Å². The van der Waals surface area contributed by atoms with Crippen LogP contribution in [0.3, 0.4) is 0 Å². The fraction of sp³-hybridized carbons (Fsp3) is 0.200. The van der Waals surface area contributed by atoms with Crippen LogP contribution in [0.15, 0.2) is 42.5 Å². The number of rotatable bonds is 2. The fourth-order valence-corrected chi connectivity index (χ4v) is 2.09. The number of aliphatic hydroxyl groups excluding tert-OH is 1. The molecule has 0 saturated carbocycles. The number of halogens is 3. The summed E-state index contributed by atoms with van der Waals surface area (Å²) in [5.74, 6) is 0. The summed E-state index contributed by atoms with van der Waals surface area (Å²) >= 11 is 0. The molecule has 0 radical (unpaired) electrons. The number of para-hydroxylation sites is 1. The molecule has 0 amide bonds. The van der Waals surface area contributed by atoms with Crippen LogP contribution in [0.4, 0.5) is 18.9 Å². The standard InChI is InChI=1S/C15H14F3NO/c1-9-8-10(15(16,17)18)6-7-11(9)14(20)12-4-2-3-5-13(12)19/h2-8,14,20H,19H2,1H3. The predicted octanol–water partition coefficient (Wildman–Crippen LogP) is 3.68. The number of aliphatic hydroxyl groups is 1. The molecular weight excluding hydrogens is 267 g/mol. The highest BCUT2D eigenvalue weighted by Gasteiger charge is 2.31. The minimum Gasteiger partial charge on any atom is -0.398 e. The number of anilines is 1. The molecule has 1 unspecified atom stereocenters. The van der Waals surface area contributed by atoms with Gasteiger partial charge in [-0.1, -0.05) is 24.3 Å². The monoisotopic (exact) mass is 281 g/mol. The summed E-state index contributed by atoms with van der Waals surface area (Å²) in [5.41, 5.74) is 6.71. The van der Waals surface area contributed by atoms with Gasteiger partial charge in [0.25, 0.3) is 0 Å². The van der Waals surface area contributed by atoms with Gasteiger partial charge in [0.2, 0.25) is 0 Å². The van der Waals surface area contributed by atoms with E-state index >= 15 is 0 Å². The number of alkyl halides is 3. The minimum absolute atomic E-state index is 0.371. The summed E-state index contributed by atoms with van der Waals surface area (Å²) in [7, 11) is 0. The van der Waals surface area contributed by atoms with Crippen molar-refractivity contribution in [1.29, 1.82) is 0 Å². The minimum atomic E-state index is -4.39. The van der Waals surface area contributed by atoms with Crippen molar-refractivity contribution in [1.82, 2.24) is 0 Å². The van der Waals surface area contributed by atoms with Crippen LogP contribution in [0.5, 0.6) is 0 Å². The van der Waals surface area contributed by atoms with E-state index in [1.165, 1.54) is 13.0 Å².